The van der Waals surface area contributed by atoms with Crippen molar-refractivity contribution in [1.29, 1.82) is 0 Å². The van der Waals surface area contributed by atoms with E-state index in [1.807, 2.05) is 12.1 Å². The van der Waals surface area contributed by atoms with Crippen LogP contribution in [0.25, 0.3) is 0 Å². The number of hydrogen-bond acceptors (Lipinski definition) is 3. The summed E-state index contributed by atoms with van der Waals surface area (Å²) >= 11 is 0. The smallest absolute Gasteiger partial charge is 0.242 e. The molecule has 0 heterocycles. The number of sulfonamides is 1. The van der Waals surface area contributed by atoms with Crippen LogP contribution in [0.3, 0.4) is 0 Å². The van der Waals surface area contributed by atoms with E-state index >= 15 is 0 Å². The van der Waals surface area contributed by atoms with E-state index < -0.39 is 10.0 Å². The number of aliphatic hydroxyl groups excluding tert-OH is 1. The van der Waals surface area contributed by atoms with Crippen molar-refractivity contribution in [3.63, 3.8) is 0 Å². The third-order valence-corrected chi connectivity index (χ3v) is 5.20. The first-order chi connectivity index (χ1) is 9.52. The molecule has 1 N–H and O–H groups in total. The highest BCUT2D eigenvalue weighted by Gasteiger charge is 2.19. The molecule has 0 aliphatic rings. The van der Waals surface area contributed by atoms with Crippen molar-refractivity contribution in [2.45, 2.75) is 43.9 Å². The highest BCUT2D eigenvalue weighted by atomic mass is 32.2. The molecular formula is C15H25NO3S. The maximum Gasteiger partial charge on any atom is 0.242 e. The molecule has 0 unspecified atom stereocenters. The van der Waals surface area contributed by atoms with E-state index in [0.29, 0.717) is 17.9 Å². The van der Waals surface area contributed by atoms with Gasteiger partial charge in [0.1, 0.15) is 0 Å². The molecule has 4 nitrogen and oxygen atoms in total. The Hall–Kier alpha value is -0.910. The second-order valence-corrected chi connectivity index (χ2v) is 7.05. The van der Waals surface area contributed by atoms with Crippen LogP contribution in [0.2, 0.25) is 0 Å². The Morgan fingerprint density at radius 3 is 2.30 bits per heavy atom. The predicted molar refractivity (Wildman–Crippen MR) is 81.2 cm³/mol. The second kappa shape index (κ2) is 8.39. The van der Waals surface area contributed by atoms with Gasteiger partial charge in [-0.05, 0) is 37.0 Å². The van der Waals surface area contributed by atoms with Crippen molar-refractivity contribution in [2.24, 2.45) is 0 Å². The molecule has 0 aromatic heterocycles. The van der Waals surface area contributed by atoms with Gasteiger partial charge in [0.2, 0.25) is 10.0 Å². The van der Waals surface area contributed by atoms with Gasteiger partial charge in [0, 0.05) is 20.2 Å². The topological polar surface area (TPSA) is 57.6 Å². The second-order valence-electron chi connectivity index (χ2n) is 5.00. The first-order valence-electron chi connectivity index (χ1n) is 7.18. The van der Waals surface area contributed by atoms with E-state index in [-0.39, 0.29) is 6.61 Å². The molecule has 0 radical (unpaired) electrons. The lowest BCUT2D eigenvalue weighted by Gasteiger charge is -2.17. The number of aliphatic hydroxyl groups is 1. The highest BCUT2D eigenvalue weighted by Crippen LogP contribution is 2.16. The van der Waals surface area contributed by atoms with Crippen LogP contribution in [0, 0.1) is 0 Å². The molecule has 0 saturated carbocycles. The van der Waals surface area contributed by atoms with E-state index in [2.05, 4.69) is 6.92 Å². The third kappa shape index (κ3) is 4.89. The molecule has 0 bridgehead atoms. The fourth-order valence-electron chi connectivity index (χ4n) is 2.00. The van der Waals surface area contributed by atoms with Gasteiger partial charge in [-0.2, -0.15) is 0 Å². The number of benzene rings is 1. The summed E-state index contributed by atoms with van der Waals surface area (Å²) in [6, 6.07) is 6.95. The number of unbranched alkanes of at least 4 members (excludes halogenated alkanes) is 2. The molecule has 1 aromatic rings. The molecule has 20 heavy (non-hydrogen) atoms. The third-order valence-electron chi connectivity index (χ3n) is 3.33. The van der Waals surface area contributed by atoms with Crippen LogP contribution >= 0.6 is 0 Å². The van der Waals surface area contributed by atoms with Gasteiger partial charge in [0.15, 0.2) is 0 Å². The van der Waals surface area contributed by atoms with Gasteiger partial charge in [-0.3, -0.25) is 0 Å². The fourth-order valence-corrected chi connectivity index (χ4v) is 3.21. The first-order valence-corrected chi connectivity index (χ1v) is 8.62. The Bertz CT molecular complexity index is 482. The van der Waals surface area contributed by atoms with Crippen LogP contribution in [-0.2, 0) is 16.4 Å². The zero-order valence-electron chi connectivity index (χ0n) is 12.4. The number of nitrogens with zero attached hydrogens (tertiary/aromatic N) is 1. The standard InChI is InChI=1S/C15H25NO3S/c1-3-4-5-12-16(2)20(18,19)15-10-8-14(9-11-15)7-6-13-17/h8-11,17H,3-7,12-13H2,1-2H3. The number of hydrogen-bond donors (Lipinski definition) is 1. The largest absolute Gasteiger partial charge is 0.396 e. The molecule has 5 heteroatoms. The monoisotopic (exact) mass is 299 g/mol. The quantitative estimate of drug-likeness (QED) is 0.712. The molecule has 0 aliphatic carbocycles. The maximum atomic E-state index is 12.3. The average Bonchev–Trinajstić information content (AvgIpc) is 2.45. The van der Waals surface area contributed by atoms with Crippen LogP contribution in [0.4, 0.5) is 0 Å². The molecule has 0 amide bonds. The Morgan fingerprint density at radius 2 is 1.75 bits per heavy atom. The van der Waals surface area contributed by atoms with Crippen molar-refractivity contribution in [3.05, 3.63) is 29.8 Å². The van der Waals surface area contributed by atoms with Gasteiger partial charge in [0.25, 0.3) is 0 Å². The van der Waals surface area contributed by atoms with Crippen molar-refractivity contribution >= 4 is 10.0 Å². The summed E-state index contributed by atoms with van der Waals surface area (Å²) in [5, 5.41) is 8.78. The van der Waals surface area contributed by atoms with E-state index in [4.69, 9.17) is 5.11 Å². The van der Waals surface area contributed by atoms with Gasteiger partial charge in [-0.15, -0.1) is 0 Å². The zero-order chi connectivity index (χ0) is 15.0. The van der Waals surface area contributed by atoms with Gasteiger partial charge in [0.05, 0.1) is 4.90 Å². The molecule has 0 aliphatic heterocycles. The van der Waals surface area contributed by atoms with Crippen LogP contribution in [0.1, 0.15) is 38.2 Å². The molecule has 0 saturated heterocycles. The highest BCUT2D eigenvalue weighted by molar-refractivity contribution is 7.89. The molecule has 114 valence electrons. The minimum Gasteiger partial charge on any atom is -0.396 e. The van der Waals surface area contributed by atoms with Crippen molar-refractivity contribution in [1.82, 2.24) is 4.31 Å². The number of aryl methyl sites for hydroxylation is 1. The Labute approximate surface area is 122 Å². The van der Waals surface area contributed by atoms with Crippen LogP contribution < -0.4 is 0 Å². The van der Waals surface area contributed by atoms with Crippen molar-refractivity contribution < 1.29 is 13.5 Å². The summed E-state index contributed by atoms with van der Waals surface area (Å²) in [6.45, 7) is 2.81. The van der Waals surface area contributed by atoms with Gasteiger partial charge in [-0.25, -0.2) is 12.7 Å². The maximum absolute atomic E-state index is 12.3. The van der Waals surface area contributed by atoms with Gasteiger partial charge in [-0.1, -0.05) is 31.9 Å². The Kier molecular flexibility index (Phi) is 7.19. The molecule has 1 rings (SSSR count). The van der Waals surface area contributed by atoms with Gasteiger partial charge >= 0.3 is 0 Å². The van der Waals surface area contributed by atoms with Gasteiger partial charge < -0.3 is 5.11 Å². The fraction of sp³-hybridized carbons (Fsp3) is 0.600. The summed E-state index contributed by atoms with van der Waals surface area (Å²) in [5.41, 5.74) is 1.05. The SMILES string of the molecule is CCCCCN(C)S(=O)(=O)c1ccc(CCCO)cc1. The average molecular weight is 299 g/mol. The summed E-state index contributed by atoms with van der Waals surface area (Å²) < 4.78 is 26.1. The minimum absolute atomic E-state index is 0.153. The van der Waals surface area contributed by atoms with Crippen LogP contribution in [-0.4, -0.2) is 38.0 Å². The molecule has 1 aromatic carbocycles. The Morgan fingerprint density at radius 1 is 1.10 bits per heavy atom. The normalized spacial score (nSPS) is 12.0. The lowest BCUT2D eigenvalue weighted by molar-refractivity contribution is 0.288. The van der Waals surface area contributed by atoms with Crippen LogP contribution in [0.5, 0.6) is 0 Å². The van der Waals surface area contributed by atoms with E-state index in [1.165, 1.54) is 4.31 Å². The Balaban J connectivity index is 2.71. The molecule has 0 fully saturated rings. The van der Waals surface area contributed by atoms with E-state index in [9.17, 15) is 8.42 Å². The molecule has 0 atom stereocenters. The summed E-state index contributed by atoms with van der Waals surface area (Å²) in [4.78, 5) is 0.337. The van der Waals surface area contributed by atoms with Crippen molar-refractivity contribution in [2.75, 3.05) is 20.2 Å². The lowest BCUT2D eigenvalue weighted by Crippen LogP contribution is -2.27. The molecular weight excluding hydrogens is 274 g/mol. The lowest BCUT2D eigenvalue weighted by atomic mass is 10.1. The predicted octanol–water partition coefficient (Wildman–Crippen LogP) is 2.42. The summed E-state index contributed by atoms with van der Waals surface area (Å²) in [5.74, 6) is 0. The summed E-state index contributed by atoms with van der Waals surface area (Å²) in [7, 11) is -1.74. The van der Waals surface area contributed by atoms with E-state index in [0.717, 1.165) is 31.2 Å². The minimum atomic E-state index is -3.37. The first kappa shape index (κ1) is 17.1. The molecule has 0 spiro atoms. The summed E-state index contributed by atoms with van der Waals surface area (Å²) in [6.07, 6.45) is 4.47. The number of rotatable bonds is 9. The van der Waals surface area contributed by atoms with Crippen LogP contribution in [0.15, 0.2) is 29.2 Å². The zero-order valence-corrected chi connectivity index (χ0v) is 13.2. The van der Waals surface area contributed by atoms with E-state index in [1.54, 1.807) is 19.2 Å². The van der Waals surface area contributed by atoms with Crippen molar-refractivity contribution in [3.8, 4) is 0 Å².